The highest BCUT2D eigenvalue weighted by molar-refractivity contribution is 5.92. The molecule has 0 bridgehead atoms. The molecule has 5 nitrogen and oxygen atoms in total. The van der Waals surface area contributed by atoms with Gasteiger partial charge in [-0.2, -0.15) is 0 Å². The lowest BCUT2D eigenvalue weighted by atomic mass is 10.1. The lowest BCUT2D eigenvalue weighted by Gasteiger charge is -2.06. The van der Waals surface area contributed by atoms with Gasteiger partial charge >= 0.3 is 0 Å². The minimum Gasteiger partial charge on any atom is -0.497 e. The molecule has 3 aromatic carbocycles. The van der Waals surface area contributed by atoms with E-state index in [0.29, 0.717) is 6.54 Å². The summed E-state index contributed by atoms with van der Waals surface area (Å²) in [6, 6.07) is 19.2. The van der Waals surface area contributed by atoms with Gasteiger partial charge in [-0.3, -0.25) is 9.59 Å². The Kier molecular flexibility index (Phi) is 6.07. The van der Waals surface area contributed by atoms with E-state index in [4.69, 9.17) is 4.74 Å². The molecule has 0 unspecified atom stereocenters. The van der Waals surface area contributed by atoms with Crippen LogP contribution in [0.4, 0.5) is 5.69 Å². The lowest BCUT2D eigenvalue weighted by Crippen LogP contribution is -2.20. The van der Waals surface area contributed by atoms with E-state index < -0.39 is 0 Å². The molecule has 0 fully saturated rings. The molecule has 0 saturated heterocycles. The number of fused-ring (bicyclic) bond motifs is 1. The van der Waals surface area contributed by atoms with Crippen LogP contribution in [0.2, 0.25) is 0 Å². The van der Waals surface area contributed by atoms with Crippen LogP contribution in [0.1, 0.15) is 18.1 Å². The maximum absolute atomic E-state index is 12.1. The van der Waals surface area contributed by atoms with E-state index in [0.717, 1.165) is 33.3 Å². The molecule has 0 aliphatic heterocycles. The van der Waals surface area contributed by atoms with Crippen LogP contribution >= 0.6 is 0 Å². The molecular weight excluding hydrogens is 352 g/mol. The van der Waals surface area contributed by atoms with Gasteiger partial charge in [0.1, 0.15) is 5.75 Å². The number of benzene rings is 3. The third kappa shape index (κ3) is 5.20. The number of hydrogen-bond acceptors (Lipinski definition) is 3. The van der Waals surface area contributed by atoms with Crippen molar-refractivity contribution in [2.75, 3.05) is 12.4 Å². The molecular formula is C23H22N2O3. The van der Waals surface area contributed by atoms with Crippen molar-refractivity contribution in [3.63, 3.8) is 0 Å². The average molecular weight is 374 g/mol. The Hall–Kier alpha value is -3.60. The van der Waals surface area contributed by atoms with Crippen molar-refractivity contribution in [2.45, 2.75) is 13.5 Å². The minimum absolute atomic E-state index is 0.115. The SMILES string of the molecule is COc1ccc2cc(CNC(=O)/C=C/c3ccc(NC(C)=O)cc3)ccc2c1. The van der Waals surface area contributed by atoms with E-state index in [2.05, 4.69) is 16.7 Å². The summed E-state index contributed by atoms with van der Waals surface area (Å²) < 4.78 is 5.24. The van der Waals surface area contributed by atoms with Crippen molar-refractivity contribution >= 4 is 34.4 Å². The quantitative estimate of drug-likeness (QED) is 0.638. The molecule has 0 atom stereocenters. The second-order valence-electron chi connectivity index (χ2n) is 6.40. The standard InChI is InChI=1S/C23H22N2O3/c1-16(26)25-21-9-4-17(5-10-21)6-12-23(27)24-15-18-3-7-20-14-22(28-2)11-8-19(20)13-18/h3-14H,15H2,1-2H3,(H,24,27)(H,25,26)/b12-6+. The number of carbonyl (C=O) groups is 2. The number of hydrogen-bond donors (Lipinski definition) is 2. The summed E-state index contributed by atoms with van der Waals surface area (Å²) in [6.07, 6.45) is 3.23. The monoisotopic (exact) mass is 374 g/mol. The fourth-order valence-electron chi connectivity index (χ4n) is 2.81. The van der Waals surface area contributed by atoms with E-state index in [-0.39, 0.29) is 11.8 Å². The molecule has 0 spiro atoms. The van der Waals surface area contributed by atoms with Gasteiger partial charge in [-0.1, -0.05) is 30.3 Å². The van der Waals surface area contributed by atoms with Crippen molar-refractivity contribution < 1.29 is 14.3 Å². The molecule has 0 radical (unpaired) electrons. The topological polar surface area (TPSA) is 67.4 Å². The van der Waals surface area contributed by atoms with Gasteiger partial charge in [-0.15, -0.1) is 0 Å². The van der Waals surface area contributed by atoms with E-state index in [1.807, 2.05) is 42.5 Å². The van der Waals surface area contributed by atoms with Crippen LogP contribution < -0.4 is 15.4 Å². The summed E-state index contributed by atoms with van der Waals surface area (Å²) in [6.45, 7) is 1.91. The fourth-order valence-corrected chi connectivity index (χ4v) is 2.81. The van der Waals surface area contributed by atoms with E-state index in [1.54, 1.807) is 25.3 Å². The smallest absolute Gasteiger partial charge is 0.244 e. The van der Waals surface area contributed by atoms with E-state index >= 15 is 0 Å². The number of rotatable bonds is 6. The second-order valence-corrected chi connectivity index (χ2v) is 6.40. The molecule has 142 valence electrons. The lowest BCUT2D eigenvalue weighted by molar-refractivity contribution is -0.116. The first-order chi connectivity index (χ1) is 13.5. The van der Waals surface area contributed by atoms with Gasteiger partial charge in [0.2, 0.25) is 11.8 Å². The zero-order valence-electron chi connectivity index (χ0n) is 15.9. The molecule has 0 aliphatic rings. The van der Waals surface area contributed by atoms with Crippen LogP contribution in [0.5, 0.6) is 5.75 Å². The highest BCUT2D eigenvalue weighted by Crippen LogP contribution is 2.21. The Labute approximate surface area is 164 Å². The largest absolute Gasteiger partial charge is 0.497 e. The van der Waals surface area contributed by atoms with Crippen molar-refractivity contribution in [1.82, 2.24) is 5.32 Å². The number of amides is 2. The summed E-state index contributed by atoms with van der Waals surface area (Å²) >= 11 is 0. The number of nitrogens with one attached hydrogen (secondary N) is 2. The van der Waals surface area contributed by atoms with Crippen molar-refractivity contribution in [1.29, 1.82) is 0 Å². The second kappa shape index (κ2) is 8.86. The van der Waals surface area contributed by atoms with Crippen LogP contribution in [0.25, 0.3) is 16.8 Å². The summed E-state index contributed by atoms with van der Waals surface area (Å²) in [7, 11) is 1.65. The van der Waals surface area contributed by atoms with Gasteiger partial charge in [0, 0.05) is 25.2 Å². The summed E-state index contributed by atoms with van der Waals surface area (Å²) in [5.74, 6) is 0.542. The minimum atomic E-state index is -0.166. The molecule has 3 rings (SSSR count). The van der Waals surface area contributed by atoms with E-state index in [9.17, 15) is 9.59 Å². The molecule has 2 amide bonds. The molecule has 0 aliphatic carbocycles. The van der Waals surface area contributed by atoms with Crippen LogP contribution in [0, 0.1) is 0 Å². The highest BCUT2D eigenvalue weighted by atomic mass is 16.5. The average Bonchev–Trinajstić information content (AvgIpc) is 2.70. The first-order valence-electron chi connectivity index (χ1n) is 8.94. The normalized spacial score (nSPS) is 10.8. The van der Waals surface area contributed by atoms with E-state index in [1.165, 1.54) is 13.0 Å². The Morgan fingerprint density at radius 2 is 1.68 bits per heavy atom. The molecule has 2 N–H and O–H groups in total. The molecule has 0 saturated carbocycles. The molecule has 5 heteroatoms. The van der Waals surface area contributed by atoms with Gasteiger partial charge in [0.15, 0.2) is 0 Å². The zero-order chi connectivity index (χ0) is 19.9. The van der Waals surface area contributed by atoms with Crippen molar-refractivity contribution in [3.8, 4) is 5.75 Å². The molecule has 28 heavy (non-hydrogen) atoms. The third-order valence-electron chi connectivity index (χ3n) is 4.24. The predicted molar refractivity (Wildman–Crippen MR) is 112 cm³/mol. The van der Waals surface area contributed by atoms with Crippen molar-refractivity contribution in [2.24, 2.45) is 0 Å². The number of ether oxygens (including phenoxy) is 1. The number of anilines is 1. The fraction of sp³-hybridized carbons (Fsp3) is 0.130. The number of carbonyl (C=O) groups excluding carboxylic acids is 2. The van der Waals surface area contributed by atoms with Crippen LogP contribution in [-0.2, 0) is 16.1 Å². The zero-order valence-corrected chi connectivity index (χ0v) is 15.9. The van der Waals surface area contributed by atoms with Gasteiger partial charge in [0.25, 0.3) is 0 Å². The molecule has 0 aromatic heterocycles. The van der Waals surface area contributed by atoms with Crippen molar-refractivity contribution in [3.05, 3.63) is 77.9 Å². The van der Waals surface area contributed by atoms with Gasteiger partial charge in [-0.25, -0.2) is 0 Å². The number of methoxy groups -OCH3 is 1. The van der Waals surface area contributed by atoms with Gasteiger partial charge in [0.05, 0.1) is 7.11 Å². The summed E-state index contributed by atoms with van der Waals surface area (Å²) in [4.78, 5) is 23.1. The Morgan fingerprint density at radius 3 is 2.39 bits per heavy atom. The predicted octanol–water partition coefficient (Wildman–Crippen LogP) is 4.14. The van der Waals surface area contributed by atoms with Gasteiger partial charge in [-0.05, 0) is 58.3 Å². The van der Waals surface area contributed by atoms with Crippen LogP contribution in [-0.4, -0.2) is 18.9 Å². The maximum Gasteiger partial charge on any atom is 0.244 e. The third-order valence-corrected chi connectivity index (χ3v) is 4.24. The Balaban J connectivity index is 1.57. The Bertz CT molecular complexity index is 1020. The first-order valence-corrected chi connectivity index (χ1v) is 8.94. The Morgan fingerprint density at radius 1 is 0.964 bits per heavy atom. The highest BCUT2D eigenvalue weighted by Gasteiger charge is 2.01. The van der Waals surface area contributed by atoms with Gasteiger partial charge < -0.3 is 15.4 Å². The maximum atomic E-state index is 12.1. The summed E-state index contributed by atoms with van der Waals surface area (Å²) in [5.41, 5.74) is 2.63. The molecule has 3 aromatic rings. The van der Waals surface area contributed by atoms with Crippen LogP contribution in [0.15, 0.2) is 66.7 Å². The first kappa shape index (κ1) is 19.2. The summed E-state index contributed by atoms with van der Waals surface area (Å²) in [5, 5.41) is 7.79. The molecule has 0 heterocycles. The van der Waals surface area contributed by atoms with Crippen LogP contribution in [0.3, 0.4) is 0 Å².